The molecule has 5 aliphatic rings. The molecule has 2 unspecified atom stereocenters. The van der Waals surface area contributed by atoms with Crippen molar-refractivity contribution in [2.24, 2.45) is 34.8 Å². The van der Waals surface area contributed by atoms with E-state index in [1.807, 2.05) is 0 Å². The van der Waals surface area contributed by atoms with Crippen LogP contribution in [0.2, 0.25) is 0 Å². The van der Waals surface area contributed by atoms with Crippen molar-refractivity contribution in [1.29, 1.82) is 0 Å². The number of nitrogens with zero attached hydrogens (tertiary/aromatic N) is 1. The molecule has 20 heavy (non-hydrogen) atoms. The van der Waals surface area contributed by atoms with E-state index in [1.54, 1.807) is 38.5 Å². The van der Waals surface area contributed by atoms with Crippen LogP contribution in [0.1, 0.15) is 58.3 Å². The van der Waals surface area contributed by atoms with E-state index in [2.05, 4.69) is 11.8 Å². The van der Waals surface area contributed by atoms with Crippen LogP contribution in [0.4, 0.5) is 0 Å². The zero-order valence-electron chi connectivity index (χ0n) is 13.2. The molecule has 2 atom stereocenters. The lowest BCUT2D eigenvalue weighted by Crippen LogP contribution is -2.54. The maximum absolute atomic E-state index is 6.29. The molecular weight excluding hydrogens is 244 g/mol. The summed E-state index contributed by atoms with van der Waals surface area (Å²) in [5.41, 5.74) is 7.00. The summed E-state index contributed by atoms with van der Waals surface area (Å²) in [6.07, 6.45) is 11.9. The van der Waals surface area contributed by atoms with Crippen molar-refractivity contribution in [1.82, 2.24) is 4.90 Å². The largest absolute Gasteiger partial charge is 0.327 e. The van der Waals surface area contributed by atoms with E-state index in [-0.39, 0.29) is 0 Å². The predicted octanol–water partition coefficient (Wildman–Crippen LogP) is 3.26. The lowest BCUT2D eigenvalue weighted by molar-refractivity contribution is -0.0741. The maximum atomic E-state index is 6.29. The van der Waals surface area contributed by atoms with Crippen LogP contribution in [0.3, 0.4) is 0 Å². The molecule has 0 aromatic rings. The van der Waals surface area contributed by atoms with Gasteiger partial charge in [0, 0.05) is 19.1 Å². The minimum absolute atomic E-state index is 0.465. The van der Waals surface area contributed by atoms with Gasteiger partial charge in [-0.05, 0) is 80.6 Å². The Labute approximate surface area is 124 Å². The molecule has 0 radical (unpaired) electrons. The molecule has 2 N–H and O–H groups in total. The van der Waals surface area contributed by atoms with Crippen molar-refractivity contribution >= 4 is 0 Å². The molecule has 5 fully saturated rings. The average Bonchev–Trinajstić information content (AvgIpc) is 2.39. The fourth-order valence-electron chi connectivity index (χ4n) is 6.66. The lowest BCUT2D eigenvalue weighted by atomic mass is 9.49. The first-order valence-electron chi connectivity index (χ1n) is 9.14. The van der Waals surface area contributed by atoms with Crippen molar-refractivity contribution in [3.63, 3.8) is 0 Å². The van der Waals surface area contributed by atoms with Crippen LogP contribution >= 0.6 is 0 Å². The molecule has 1 aliphatic heterocycles. The monoisotopic (exact) mass is 276 g/mol. The molecular formula is C18H32N2. The molecule has 4 bridgehead atoms. The Morgan fingerprint density at radius 2 is 1.65 bits per heavy atom. The van der Waals surface area contributed by atoms with Crippen molar-refractivity contribution in [2.75, 3.05) is 19.6 Å². The van der Waals surface area contributed by atoms with Crippen LogP contribution in [0.15, 0.2) is 0 Å². The van der Waals surface area contributed by atoms with E-state index >= 15 is 0 Å². The third kappa shape index (κ3) is 2.33. The molecule has 2 heteroatoms. The highest BCUT2D eigenvalue weighted by Crippen LogP contribution is 2.60. The molecule has 1 heterocycles. The summed E-state index contributed by atoms with van der Waals surface area (Å²) in [5, 5.41) is 0. The van der Waals surface area contributed by atoms with Crippen molar-refractivity contribution in [3.8, 4) is 0 Å². The van der Waals surface area contributed by atoms with Crippen molar-refractivity contribution < 1.29 is 0 Å². The number of rotatable bonds is 3. The quantitative estimate of drug-likeness (QED) is 0.857. The highest BCUT2D eigenvalue weighted by Gasteiger charge is 2.51. The maximum Gasteiger partial charge on any atom is 0.00914 e. The molecule has 0 aromatic carbocycles. The van der Waals surface area contributed by atoms with E-state index in [0.29, 0.717) is 11.5 Å². The standard InChI is InChI=1S/C18H32N2/c1-2-16-11-20(4-3-17(16)19)12-18-8-13-5-14(9-18)7-15(6-13)10-18/h13-17H,2-12,19H2,1H3. The van der Waals surface area contributed by atoms with Gasteiger partial charge in [-0.1, -0.05) is 13.3 Å². The second-order valence-electron chi connectivity index (χ2n) is 8.77. The number of likely N-dealkylation sites (tertiary alicyclic amines) is 1. The summed E-state index contributed by atoms with van der Waals surface area (Å²) >= 11 is 0. The Kier molecular flexibility index (Phi) is 3.38. The first-order chi connectivity index (χ1) is 9.66. The van der Waals surface area contributed by atoms with E-state index in [1.165, 1.54) is 32.5 Å². The molecule has 4 aliphatic carbocycles. The number of nitrogens with two attached hydrogens (primary N) is 1. The van der Waals surface area contributed by atoms with E-state index < -0.39 is 0 Å². The molecule has 0 aromatic heterocycles. The number of hydrogen-bond donors (Lipinski definition) is 1. The van der Waals surface area contributed by atoms with Gasteiger partial charge < -0.3 is 10.6 Å². The van der Waals surface area contributed by atoms with Gasteiger partial charge in [0.2, 0.25) is 0 Å². The molecule has 0 amide bonds. The van der Waals surface area contributed by atoms with Gasteiger partial charge in [0.15, 0.2) is 0 Å². The van der Waals surface area contributed by atoms with Gasteiger partial charge in [-0.3, -0.25) is 0 Å². The van der Waals surface area contributed by atoms with Gasteiger partial charge in [-0.25, -0.2) is 0 Å². The normalized spacial score (nSPS) is 51.6. The van der Waals surface area contributed by atoms with Crippen LogP contribution < -0.4 is 5.73 Å². The fourth-order valence-corrected chi connectivity index (χ4v) is 6.66. The first kappa shape index (κ1) is 13.6. The van der Waals surface area contributed by atoms with Crippen LogP contribution in [0.5, 0.6) is 0 Å². The summed E-state index contributed by atoms with van der Waals surface area (Å²) in [5.74, 6) is 4.03. The summed E-state index contributed by atoms with van der Waals surface area (Å²) in [6.45, 7) is 6.26. The zero-order valence-corrected chi connectivity index (χ0v) is 13.2. The molecule has 4 saturated carbocycles. The topological polar surface area (TPSA) is 29.3 Å². The molecule has 114 valence electrons. The smallest absolute Gasteiger partial charge is 0.00914 e. The number of piperidine rings is 1. The summed E-state index contributed by atoms with van der Waals surface area (Å²) in [6, 6.07) is 0.465. The Bertz CT molecular complexity index is 329. The van der Waals surface area contributed by atoms with Crippen molar-refractivity contribution in [2.45, 2.75) is 64.3 Å². The summed E-state index contributed by atoms with van der Waals surface area (Å²) in [4.78, 5) is 2.80. The van der Waals surface area contributed by atoms with E-state index in [4.69, 9.17) is 5.73 Å². The SMILES string of the molecule is CCC1CN(CC23CC4CC(CC(C4)C2)C3)CCC1N. The average molecular weight is 276 g/mol. The van der Waals surface area contributed by atoms with Gasteiger partial charge in [0.1, 0.15) is 0 Å². The van der Waals surface area contributed by atoms with Crippen molar-refractivity contribution in [3.05, 3.63) is 0 Å². The van der Waals surface area contributed by atoms with Gasteiger partial charge in [0.25, 0.3) is 0 Å². The van der Waals surface area contributed by atoms with Gasteiger partial charge in [-0.2, -0.15) is 0 Å². The molecule has 0 spiro atoms. The van der Waals surface area contributed by atoms with Crippen LogP contribution in [0, 0.1) is 29.1 Å². The van der Waals surface area contributed by atoms with E-state index in [9.17, 15) is 0 Å². The molecule has 2 nitrogen and oxygen atoms in total. The van der Waals surface area contributed by atoms with Gasteiger partial charge in [-0.15, -0.1) is 0 Å². The number of hydrogen-bond acceptors (Lipinski definition) is 2. The van der Waals surface area contributed by atoms with Gasteiger partial charge >= 0.3 is 0 Å². The Balaban J connectivity index is 1.44. The minimum atomic E-state index is 0.465. The lowest BCUT2D eigenvalue weighted by Gasteiger charge is -2.58. The third-order valence-electron chi connectivity index (χ3n) is 7.13. The Morgan fingerprint density at radius 1 is 1.05 bits per heavy atom. The Hall–Kier alpha value is -0.0800. The third-order valence-corrected chi connectivity index (χ3v) is 7.13. The minimum Gasteiger partial charge on any atom is -0.327 e. The fraction of sp³-hybridized carbons (Fsp3) is 1.00. The van der Waals surface area contributed by atoms with Crippen LogP contribution in [-0.2, 0) is 0 Å². The summed E-state index contributed by atoms with van der Waals surface area (Å²) < 4.78 is 0. The van der Waals surface area contributed by atoms with Crippen LogP contribution in [0.25, 0.3) is 0 Å². The van der Waals surface area contributed by atoms with Gasteiger partial charge in [0.05, 0.1) is 0 Å². The summed E-state index contributed by atoms with van der Waals surface area (Å²) in [7, 11) is 0. The van der Waals surface area contributed by atoms with Crippen LogP contribution in [-0.4, -0.2) is 30.6 Å². The van der Waals surface area contributed by atoms with E-state index in [0.717, 1.165) is 23.7 Å². The second kappa shape index (κ2) is 4.98. The zero-order chi connectivity index (χ0) is 13.7. The first-order valence-corrected chi connectivity index (χ1v) is 9.14. The Morgan fingerprint density at radius 3 is 2.20 bits per heavy atom. The highest BCUT2D eigenvalue weighted by molar-refractivity contribution is 5.03. The second-order valence-corrected chi connectivity index (χ2v) is 8.77. The highest BCUT2D eigenvalue weighted by atomic mass is 15.1. The predicted molar refractivity (Wildman–Crippen MR) is 83.4 cm³/mol. The molecule has 5 rings (SSSR count). The molecule has 1 saturated heterocycles.